The molecular formula is C24H36N8O. The van der Waals surface area contributed by atoms with Crippen molar-refractivity contribution in [2.75, 3.05) is 20.1 Å². The summed E-state index contributed by atoms with van der Waals surface area (Å²) in [5.41, 5.74) is -0.537. The van der Waals surface area contributed by atoms with Crippen molar-refractivity contribution in [1.82, 2.24) is 30.2 Å². The molecule has 4 unspecified atom stereocenters. The summed E-state index contributed by atoms with van der Waals surface area (Å²) in [5, 5.41) is 11.3. The Hall–Kier alpha value is -3.10. The van der Waals surface area contributed by atoms with Crippen molar-refractivity contribution >= 4 is 17.8 Å². The van der Waals surface area contributed by atoms with Crippen LogP contribution in [0.3, 0.4) is 0 Å². The Bertz CT molecular complexity index is 987. The van der Waals surface area contributed by atoms with Crippen molar-refractivity contribution in [1.29, 1.82) is 0 Å². The molecule has 1 fully saturated rings. The Morgan fingerprint density at radius 3 is 2.76 bits per heavy atom. The molecule has 0 radical (unpaired) electrons. The molecule has 1 aliphatic carbocycles. The van der Waals surface area contributed by atoms with E-state index < -0.39 is 5.41 Å². The third-order valence-corrected chi connectivity index (χ3v) is 6.46. The van der Waals surface area contributed by atoms with Gasteiger partial charge in [-0.15, -0.1) is 0 Å². The number of hydrogen-bond donors (Lipinski definition) is 2. The summed E-state index contributed by atoms with van der Waals surface area (Å²) in [5.74, 6) is 1.51. The topological polar surface area (TPSA) is 90.2 Å². The maximum Gasteiger partial charge on any atom is 0.227 e. The SMILES string of the molecule is CCN1C(n2cccn2)=NC2C(NC(=O)C(C)(C)C)N(C)C(=NCC3(C)C=CC=CC3)NC21. The van der Waals surface area contributed by atoms with E-state index in [0.29, 0.717) is 6.54 Å². The van der Waals surface area contributed by atoms with Gasteiger partial charge in [-0.25, -0.2) is 9.67 Å². The van der Waals surface area contributed by atoms with E-state index in [-0.39, 0.29) is 29.7 Å². The number of allylic oxidation sites excluding steroid dienone is 3. The van der Waals surface area contributed by atoms with Crippen LogP contribution in [0, 0.1) is 10.8 Å². The molecule has 178 valence electrons. The van der Waals surface area contributed by atoms with E-state index in [9.17, 15) is 4.79 Å². The fourth-order valence-corrected chi connectivity index (χ4v) is 4.34. The van der Waals surface area contributed by atoms with Crippen LogP contribution >= 0.6 is 0 Å². The number of rotatable bonds is 4. The summed E-state index contributed by atoms with van der Waals surface area (Å²) < 4.78 is 1.78. The zero-order valence-corrected chi connectivity index (χ0v) is 20.5. The standard InChI is InChI=1S/C24H36N8O/c1-7-31-19-17(27-22(31)32-15-11-14-26-32)18(28-20(33)23(2,3)4)30(6)21(29-19)25-16-24(5)12-9-8-10-13-24/h8-12,14-15,17-19H,7,13,16H2,1-6H3,(H,25,29)(H,28,33). The lowest BCUT2D eigenvalue weighted by atomic mass is 9.84. The second-order valence-electron chi connectivity index (χ2n) is 10.3. The number of likely N-dealkylation sites (N-methyl/N-ethyl adjacent to an activating group) is 2. The smallest absolute Gasteiger partial charge is 0.227 e. The van der Waals surface area contributed by atoms with Crippen molar-refractivity contribution in [2.45, 2.75) is 59.4 Å². The Morgan fingerprint density at radius 1 is 1.36 bits per heavy atom. The molecule has 33 heavy (non-hydrogen) atoms. The lowest BCUT2D eigenvalue weighted by Gasteiger charge is -2.45. The molecule has 9 heteroatoms. The van der Waals surface area contributed by atoms with Gasteiger partial charge in [-0.3, -0.25) is 9.79 Å². The molecule has 2 N–H and O–H groups in total. The van der Waals surface area contributed by atoms with Gasteiger partial charge in [0.25, 0.3) is 0 Å². The Labute approximate surface area is 196 Å². The van der Waals surface area contributed by atoms with Gasteiger partial charge in [-0.05, 0) is 19.4 Å². The van der Waals surface area contributed by atoms with E-state index in [1.54, 1.807) is 10.9 Å². The molecule has 0 bridgehead atoms. The molecule has 1 saturated heterocycles. The maximum atomic E-state index is 13.0. The maximum absolute atomic E-state index is 13.0. The predicted octanol–water partition coefficient (Wildman–Crippen LogP) is 2.02. The number of aromatic nitrogens is 2. The van der Waals surface area contributed by atoms with Gasteiger partial charge in [0, 0.05) is 36.8 Å². The summed E-state index contributed by atoms with van der Waals surface area (Å²) >= 11 is 0. The zero-order chi connectivity index (χ0) is 23.8. The van der Waals surface area contributed by atoms with Crippen LogP contribution in [0.25, 0.3) is 0 Å². The molecule has 0 aromatic carbocycles. The number of nitrogens with one attached hydrogen (secondary N) is 2. The third kappa shape index (κ3) is 4.54. The number of nitrogens with zero attached hydrogens (tertiary/aromatic N) is 6. The predicted molar refractivity (Wildman–Crippen MR) is 131 cm³/mol. The normalized spacial score (nSPS) is 30.3. The van der Waals surface area contributed by atoms with E-state index in [2.05, 4.69) is 58.8 Å². The summed E-state index contributed by atoms with van der Waals surface area (Å²) in [4.78, 5) is 27.2. The van der Waals surface area contributed by atoms with Gasteiger partial charge in [0.2, 0.25) is 11.9 Å². The lowest BCUT2D eigenvalue weighted by Crippen LogP contribution is -2.71. The number of aliphatic imine (C=N–C) groups is 2. The number of amides is 1. The van der Waals surface area contributed by atoms with Gasteiger partial charge >= 0.3 is 0 Å². The van der Waals surface area contributed by atoms with E-state index in [0.717, 1.165) is 24.9 Å². The summed E-state index contributed by atoms with van der Waals surface area (Å²) in [6, 6.07) is 1.67. The van der Waals surface area contributed by atoms with Crippen LogP contribution in [-0.2, 0) is 4.79 Å². The van der Waals surface area contributed by atoms with Gasteiger partial charge in [0.05, 0.1) is 6.54 Å². The molecule has 1 aromatic rings. The molecule has 0 spiro atoms. The monoisotopic (exact) mass is 452 g/mol. The van der Waals surface area contributed by atoms with Gasteiger partial charge in [0.1, 0.15) is 18.4 Å². The first-order valence-electron chi connectivity index (χ1n) is 11.7. The van der Waals surface area contributed by atoms with Crippen LogP contribution in [0.2, 0.25) is 0 Å². The molecule has 1 aromatic heterocycles. The van der Waals surface area contributed by atoms with Gasteiger partial charge < -0.3 is 20.4 Å². The second-order valence-corrected chi connectivity index (χ2v) is 10.3. The highest BCUT2D eigenvalue weighted by Crippen LogP contribution is 2.29. The van der Waals surface area contributed by atoms with E-state index in [4.69, 9.17) is 9.98 Å². The molecule has 4 atom stereocenters. The molecule has 2 aliphatic heterocycles. The van der Waals surface area contributed by atoms with Crippen molar-refractivity contribution in [3.05, 3.63) is 42.8 Å². The number of fused-ring (bicyclic) bond motifs is 1. The first-order chi connectivity index (χ1) is 15.6. The Balaban J connectivity index is 1.67. The summed E-state index contributed by atoms with van der Waals surface area (Å²) in [6.45, 7) is 11.5. The average Bonchev–Trinajstić information content (AvgIpc) is 3.41. The number of hydrogen-bond acceptors (Lipinski definition) is 5. The molecule has 3 aliphatic rings. The van der Waals surface area contributed by atoms with Crippen LogP contribution in [0.15, 0.2) is 52.7 Å². The fraction of sp³-hybridized carbons (Fsp3) is 0.583. The quantitative estimate of drug-likeness (QED) is 0.730. The van der Waals surface area contributed by atoms with Crippen molar-refractivity contribution in [3.8, 4) is 0 Å². The Kier molecular flexibility index (Phi) is 6.07. The number of carbonyl (C=O) groups excluding carboxylic acids is 1. The van der Waals surface area contributed by atoms with Crippen molar-refractivity contribution < 1.29 is 4.79 Å². The van der Waals surface area contributed by atoms with Crippen molar-refractivity contribution in [3.63, 3.8) is 0 Å². The first-order valence-corrected chi connectivity index (χ1v) is 11.7. The minimum absolute atomic E-state index is 0.0162. The second kappa shape index (κ2) is 8.68. The minimum Gasteiger partial charge on any atom is -0.334 e. The molecule has 1 amide bonds. The van der Waals surface area contributed by atoms with E-state index >= 15 is 0 Å². The molecular weight excluding hydrogens is 416 g/mol. The highest BCUT2D eigenvalue weighted by atomic mass is 16.2. The number of carbonyl (C=O) groups is 1. The first kappa shape index (κ1) is 23.1. The highest BCUT2D eigenvalue weighted by Gasteiger charge is 2.48. The molecule has 9 nitrogen and oxygen atoms in total. The zero-order valence-electron chi connectivity index (χ0n) is 20.5. The molecule has 3 heterocycles. The highest BCUT2D eigenvalue weighted by molar-refractivity contribution is 5.89. The number of guanidine groups is 1. The molecule has 0 saturated carbocycles. The lowest BCUT2D eigenvalue weighted by molar-refractivity contribution is -0.130. The Morgan fingerprint density at radius 2 is 2.15 bits per heavy atom. The van der Waals surface area contributed by atoms with Crippen LogP contribution in [0.5, 0.6) is 0 Å². The summed E-state index contributed by atoms with van der Waals surface area (Å²) in [6.07, 6.45) is 12.7. The van der Waals surface area contributed by atoms with Gasteiger partial charge in [0.15, 0.2) is 5.96 Å². The van der Waals surface area contributed by atoms with Crippen LogP contribution in [-0.4, -0.2) is 75.9 Å². The average molecular weight is 453 g/mol. The van der Waals surface area contributed by atoms with E-state index in [1.165, 1.54) is 0 Å². The molecule has 4 rings (SSSR count). The summed E-state index contributed by atoms with van der Waals surface area (Å²) in [7, 11) is 1.96. The van der Waals surface area contributed by atoms with Crippen molar-refractivity contribution in [2.24, 2.45) is 20.8 Å². The van der Waals surface area contributed by atoms with Gasteiger partial charge in [-0.2, -0.15) is 5.10 Å². The largest absolute Gasteiger partial charge is 0.334 e. The van der Waals surface area contributed by atoms with Gasteiger partial charge in [-0.1, -0.05) is 52.0 Å². The van der Waals surface area contributed by atoms with Crippen LogP contribution in [0.4, 0.5) is 0 Å². The van der Waals surface area contributed by atoms with Crippen LogP contribution in [0.1, 0.15) is 41.0 Å². The van der Waals surface area contributed by atoms with Crippen LogP contribution < -0.4 is 10.6 Å². The third-order valence-electron chi connectivity index (χ3n) is 6.46. The minimum atomic E-state index is -0.511. The fourth-order valence-electron chi connectivity index (χ4n) is 4.34. The van der Waals surface area contributed by atoms with E-state index in [1.807, 2.05) is 45.0 Å².